The number of hydrogen-bond donors (Lipinski definition) is 0. The van der Waals surface area contributed by atoms with Crippen molar-refractivity contribution in [3.05, 3.63) is 114 Å². The van der Waals surface area contributed by atoms with Crippen molar-refractivity contribution >= 4 is 0 Å². The quantitative estimate of drug-likeness (QED) is 0.606. The predicted molar refractivity (Wildman–Crippen MR) is 89.1 cm³/mol. The normalized spacial score (nSPS) is 10.7. The van der Waals surface area contributed by atoms with Gasteiger partial charge in [-0.1, -0.05) is 91.0 Å². The molecule has 0 saturated heterocycles. The van der Waals surface area contributed by atoms with Crippen molar-refractivity contribution in [2.75, 3.05) is 0 Å². The molecule has 0 aliphatic carbocycles. The minimum atomic E-state index is 1.000. The topological polar surface area (TPSA) is 0 Å². The Morgan fingerprint density at radius 2 is 0.857 bits per heavy atom. The van der Waals surface area contributed by atoms with Crippen LogP contribution in [0.4, 0.5) is 0 Å². The monoisotopic (exact) mass is 271 g/mol. The van der Waals surface area contributed by atoms with Crippen molar-refractivity contribution in [2.24, 2.45) is 0 Å². The van der Waals surface area contributed by atoms with E-state index in [1.807, 2.05) is 0 Å². The van der Waals surface area contributed by atoms with E-state index in [0.29, 0.717) is 0 Å². The van der Waals surface area contributed by atoms with Crippen molar-refractivity contribution in [3.63, 3.8) is 0 Å². The maximum Gasteiger partial charge on any atom is 0.0137 e. The molecule has 21 heavy (non-hydrogen) atoms. The Balaban J connectivity index is 1.84. The molecule has 0 fully saturated rings. The summed E-state index contributed by atoms with van der Waals surface area (Å²) < 4.78 is 0. The molecule has 0 bridgehead atoms. The molecule has 3 aromatic rings. The molecule has 3 aromatic carbocycles. The lowest BCUT2D eigenvalue weighted by Crippen LogP contribution is -2.07. The molecule has 0 nitrogen and oxygen atoms in total. The third kappa shape index (κ3) is 3.82. The minimum Gasteiger partial charge on any atom is -0.0622 e. The van der Waals surface area contributed by atoms with E-state index in [0.717, 1.165) is 12.8 Å². The fourth-order valence-electron chi connectivity index (χ4n) is 2.63. The average molecular weight is 271 g/mol. The molecule has 103 valence electrons. The van der Waals surface area contributed by atoms with E-state index in [1.54, 1.807) is 0 Å². The van der Waals surface area contributed by atoms with Gasteiger partial charge in [0, 0.05) is 5.92 Å². The Labute approximate surface area is 127 Å². The highest BCUT2D eigenvalue weighted by Crippen LogP contribution is 2.24. The maximum atomic E-state index is 2.21. The van der Waals surface area contributed by atoms with Gasteiger partial charge < -0.3 is 0 Å². The van der Waals surface area contributed by atoms with Gasteiger partial charge >= 0.3 is 0 Å². The van der Waals surface area contributed by atoms with Crippen molar-refractivity contribution in [3.8, 4) is 0 Å². The molecule has 0 heterocycles. The van der Waals surface area contributed by atoms with Crippen molar-refractivity contribution < 1.29 is 0 Å². The van der Waals surface area contributed by atoms with E-state index in [4.69, 9.17) is 0 Å². The Bertz CT molecular complexity index is 600. The molecule has 0 amide bonds. The highest BCUT2D eigenvalue weighted by atomic mass is 14.2. The van der Waals surface area contributed by atoms with Crippen LogP contribution in [0, 0.1) is 5.92 Å². The van der Waals surface area contributed by atoms with Crippen LogP contribution < -0.4 is 0 Å². The molecule has 1 radical (unpaired) electrons. The van der Waals surface area contributed by atoms with E-state index in [9.17, 15) is 0 Å². The maximum absolute atomic E-state index is 2.21. The Hall–Kier alpha value is -2.34. The molecule has 0 aliphatic heterocycles. The second-order valence-electron chi connectivity index (χ2n) is 5.29. The van der Waals surface area contributed by atoms with Gasteiger partial charge in [0.25, 0.3) is 0 Å². The Morgan fingerprint density at radius 3 is 1.29 bits per heavy atom. The van der Waals surface area contributed by atoms with Gasteiger partial charge in [-0.15, -0.1) is 0 Å². The zero-order valence-corrected chi connectivity index (χ0v) is 12.1. The molecule has 0 aliphatic rings. The van der Waals surface area contributed by atoms with Crippen LogP contribution in [-0.2, 0) is 12.8 Å². The van der Waals surface area contributed by atoms with Gasteiger partial charge in [0.1, 0.15) is 0 Å². The standard InChI is InChI=1S/C21H19/c1-4-10-18(11-5-1)16-21(20-14-8-3-9-15-20)17-19-12-6-2-7-13-19/h1-15H,16-17H2. The molecule has 0 N–H and O–H groups in total. The van der Waals surface area contributed by atoms with E-state index in [2.05, 4.69) is 91.0 Å². The van der Waals surface area contributed by atoms with Crippen molar-refractivity contribution in [2.45, 2.75) is 12.8 Å². The Morgan fingerprint density at radius 1 is 0.476 bits per heavy atom. The highest BCUT2D eigenvalue weighted by Gasteiger charge is 2.13. The fraction of sp³-hybridized carbons (Fsp3) is 0.0952. The van der Waals surface area contributed by atoms with Crippen LogP contribution in [0.5, 0.6) is 0 Å². The third-order valence-corrected chi connectivity index (χ3v) is 3.70. The van der Waals surface area contributed by atoms with Crippen LogP contribution in [-0.4, -0.2) is 0 Å². The SMILES string of the molecule is c1ccc(C[C](Cc2ccccc2)c2ccccc2)cc1. The van der Waals surface area contributed by atoms with E-state index in [-0.39, 0.29) is 0 Å². The molecular formula is C21H19. The summed E-state index contributed by atoms with van der Waals surface area (Å²) in [6, 6.07) is 32.1. The van der Waals surface area contributed by atoms with Crippen molar-refractivity contribution in [1.82, 2.24) is 0 Å². The number of hydrogen-bond acceptors (Lipinski definition) is 0. The van der Waals surface area contributed by atoms with Crippen molar-refractivity contribution in [1.29, 1.82) is 0 Å². The molecule has 0 spiro atoms. The van der Waals surface area contributed by atoms with E-state index < -0.39 is 0 Å². The number of rotatable bonds is 5. The van der Waals surface area contributed by atoms with E-state index in [1.165, 1.54) is 22.6 Å². The minimum absolute atomic E-state index is 1.000. The summed E-state index contributed by atoms with van der Waals surface area (Å²) in [6.45, 7) is 0. The van der Waals surface area contributed by atoms with Gasteiger partial charge in [-0.2, -0.15) is 0 Å². The summed E-state index contributed by atoms with van der Waals surface area (Å²) in [5, 5.41) is 0. The predicted octanol–water partition coefficient (Wildman–Crippen LogP) is 5.09. The summed E-state index contributed by atoms with van der Waals surface area (Å²) >= 11 is 0. The summed E-state index contributed by atoms with van der Waals surface area (Å²) in [5.74, 6) is 1.47. The lowest BCUT2D eigenvalue weighted by Gasteiger charge is -2.17. The second-order valence-corrected chi connectivity index (χ2v) is 5.29. The van der Waals surface area contributed by atoms with Crippen LogP contribution in [0.25, 0.3) is 0 Å². The smallest absolute Gasteiger partial charge is 0.0137 e. The third-order valence-electron chi connectivity index (χ3n) is 3.70. The first kappa shape index (κ1) is 13.6. The summed E-state index contributed by atoms with van der Waals surface area (Å²) in [7, 11) is 0. The zero-order valence-electron chi connectivity index (χ0n) is 12.1. The summed E-state index contributed by atoms with van der Waals surface area (Å²) in [4.78, 5) is 0. The number of benzene rings is 3. The zero-order chi connectivity index (χ0) is 14.3. The average Bonchev–Trinajstić information content (AvgIpc) is 2.57. The lowest BCUT2D eigenvalue weighted by molar-refractivity contribution is 0.898. The van der Waals surface area contributed by atoms with Gasteiger partial charge in [0.15, 0.2) is 0 Å². The van der Waals surface area contributed by atoms with Crippen LogP contribution in [0.3, 0.4) is 0 Å². The van der Waals surface area contributed by atoms with E-state index >= 15 is 0 Å². The molecule has 0 aromatic heterocycles. The highest BCUT2D eigenvalue weighted by molar-refractivity contribution is 5.37. The molecule has 3 rings (SSSR count). The van der Waals surface area contributed by atoms with Gasteiger partial charge in [-0.05, 0) is 29.5 Å². The Kier molecular flexibility index (Phi) is 4.48. The van der Waals surface area contributed by atoms with Gasteiger partial charge in [-0.3, -0.25) is 0 Å². The second kappa shape index (κ2) is 6.90. The molecule has 0 unspecified atom stereocenters. The largest absolute Gasteiger partial charge is 0.0622 e. The van der Waals surface area contributed by atoms with Crippen LogP contribution in [0.15, 0.2) is 91.0 Å². The fourth-order valence-corrected chi connectivity index (χ4v) is 2.63. The van der Waals surface area contributed by atoms with Gasteiger partial charge in [-0.25, -0.2) is 0 Å². The first-order chi connectivity index (χ1) is 10.4. The van der Waals surface area contributed by atoms with Gasteiger partial charge in [0.05, 0.1) is 0 Å². The summed E-state index contributed by atoms with van der Waals surface area (Å²) in [6.07, 6.45) is 2.00. The molecule has 0 saturated carbocycles. The first-order valence-electron chi connectivity index (χ1n) is 7.40. The summed E-state index contributed by atoms with van der Waals surface area (Å²) in [5.41, 5.74) is 4.07. The van der Waals surface area contributed by atoms with Crippen LogP contribution >= 0.6 is 0 Å². The molecule has 0 heteroatoms. The first-order valence-corrected chi connectivity index (χ1v) is 7.40. The van der Waals surface area contributed by atoms with Crippen LogP contribution in [0.1, 0.15) is 16.7 Å². The van der Waals surface area contributed by atoms with Crippen LogP contribution in [0.2, 0.25) is 0 Å². The molecule has 0 atom stereocenters. The lowest BCUT2D eigenvalue weighted by atomic mass is 9.87. The van der Waals surface area contributed by atoms with Gasteiger partial charge in [0.2, 0.25) is 0 Å². The molecular weight excluding hydrogens is 252 g/mol.